The number of ether oxygens (including phenoxy) is 1. The molecule has 0 aliphatic carbocycles. The number of hydrogen-bond acceptors (Lipinski definition) is 6. The number of fused-ring (bicyclic) bond motifs is 3. The first-order valence-corrected chi connectivity index (χ1v) is 9.06. The zero-order valence-corrected chi connectivity index (χ0v) is 18.2. The summed E-state index contributed by atoms with van der Waals surface area (Å²) in [7, 11) is 1.52. The van der Waals surface area contributed by atoms with E-state index in [4.69, 9.17) is 15.6 Å². The molecule has 4 aromatic rings. The number of rotatable bonds is 3. The van der Waals surface area contributed by atoms with E-state index in [2.05, 4.69) is 57.0 Å². The van der Waals surface area contributed by atoms with Gasteiger partial charge in [-0.2, -0.15) is 5.10 Å². The molecule has 6 N–H and O–H groups in total. The van der Waals surface area contributed by atoms with E-state index >= 15 is 0 Å². The molecule has 0 amide bonds. The van der Waals surface area contributed by atoms with Gasteiger partial charge in [0, 0.05) is 23.2 Å². The van der Waals surface area contributed by atoms with E-state index in [0.717, 1.165) is 21.8 Å². The van der Waals surface area contributed by atoms with Crippen LogP contribution in [0.2, 0.25) is 0 Å². The van der Waals surface area contributed by atoms with Crippen molar-refractivity contribution in [1.82, 2.24) is 15.4 Å². The molecule has 0 fully saturated rings. The van der Waals surface area contributed by atoms with Crippen LogP contribution in [0.15, 0.2) is 72.1 Å². The van der Waals surface area contributed by atoms with Crippen molar-refractivity contribution in [1.29, 1.82) is 0 Å². The second-order valence-electron chi connectivity index (χ2n) is 5.87. The molecule has 0 aliphatic rings. The number of nitrogens with zero attached hydrogens (tertiary/aromatic N) is 3. The Morgan fingerprint density at radius 1 is 1.03 bits per heavy atom. The van der Waals surface area contributed by atoms with Gasteiger partial charge in [-0.15, -0.1) is 0 Å². The van der Waals surface area contributed by atoms with Gasteiger partial charge in [0.25, 0.3) is 0 Å². The van der Waals surface area contributed by atoms with Gasteiger partial charge < -0.3 is 21.1 Å². The van der Waals surface area contributed by atoms with Crippen LogP contribution in [0, 0.1) is 0 Å². The first-order chi connectivity index (χ1) is 14.1. The van der Waals surface area contributed by atoms with Crippen LogP contribution in [-0.4, -0.2) is 39.0 Å². The second-order valence-corrected chi connectivity index (χ2v) is 6.31. The Labute approximate surface area is 194 Å². The van der Waals surface area contributed by atoms with E-state index in [1.807, 2.05) is 12.1 Å². The van der Waals surface area contributed by atoms with Gasteiger partial charge in [0.2, 0.25) is 5.75 Å². The van der Waals surface area contributed by atoms with E-state index in [9.17, 15) is 0 Å². The van der Waals surface area contributed by atoms with Crippen LogP contribution in [0.3, 0.4) is 0 Å². The number of nitrogens with two attached hydrogens (primary N) is 1. The Morgan fingerprint density at radius 2 is 1.61 bits per heavy atom. The molecule has 0 bridgehead atoms. The monoisotopic (exact) mass is 481 g/mol. The number of hydrogen-bond donors (Lipinski definition) is 2. The molecule has 0 radical (unpaired) electrons. The third-order valence-corrected chi connectivity index (χ3v) is 4.09. The summed E-state index contributed by atoms with van der Waals surface area (Å²) in [6.07, 6.45) is 5.07. The van der Waals surface area contributed by atoms with Crippen LogP contribution in [-0.2, 0) is 16.5 Å². The molecule has 31 heavy (non-hydrogen) atoms. The van der Waals surface area contributed by atoms with Crippen molar-refractivity contribution in [2.45, 2.75) is 0 Å². The minimum atomic E-state index is 0. The molecule has 0 saturated carbocycles. The molecule has 2 aromatic carbocycles. The summed E-state index contributed by atoms with van der Waals surface area (Å²) in [5.41, 5.74) is 10.2. The first-order valence-electron chi connectivity index (χ1n) is 8.65. The molecule has 2 heterocycles. The van der Waals surface area contributed by atoms with Crippen LogP contribution in [0.25, 0.3) is 21.8 Å². The van der Waals surface area contributed by atoms with Gasteiger partial charge in [0.05, 0.1) is 29.9 Å². The quantitative estimate of drug-likeness (QED) is 0.114. The molecule has 8 nitrogen and oxygen atoms in total. The molecule has 162 valence electrons. The van der Waals surface area contributed by atoms with Gasteiger partial charge in [0.1, 0.15) is 0 Å². The maximum atomic E-state index is 7.72. The van der Waals surface area contributed by atoms with E-state index in [-0.39, 0.29) is 32.8 Å². The van der Waals surface area contributed by atoms with E-state index in [1.165, 1.54) is 13.3 Å². The van der Waals surface area contributed by atoms with Gasteiger partial charge in [-0.05, 0) is 36.5 Å². The Balaban J connectivity index is 0.000000291. The van der Waals surface area contributed by atoms with Gasteiger partial charge in [-0.25, -0.2) is 0 Å². The summed E-state index contributed by atoms with van der Waals surface area (Å²) < 4.78 is 4.99. The Morgan fingerprint density at radius 3 is 2.13 bits per heavy atom. The fraction of sp³-hybridized carbons (Fsp3) is 0.0476. The standard InChI is InChI=1S/C12H8N2.C9H11N3O2S.Ni.H2O/c1-3-9-5-6-10-4-2-8-14-12(10)11(9)13-7-1;1-14-7-4-2-3-6(8(7)13)5-11-12-9(10)15;;/h1-8H;2-5,13H,1H3,(H3,10,12,15);;1H2/q;;+2;. The topological polar surface area (TPSA) is 138 Å². The average Bonchev–Trinajstić information content (AvgIpc) is 2.75. The number of pyridine rings is 2. The zero-order valence-electron chi connectivity index (χ0n) is 16.4. The minimum absolute atomic E-state index is 0. The van der Waals surface area contributed by atoms with Gasteiger partial charge in [-0.1, -0.05) is 30.3 Å². The molecule has 4 rings (SSSR count). The number of nitrogens with one attached hydrogen (secondary N) is 1. The number of aromatic nitrogens is 2. The molecule has 0 aliphatic heterocycles. The molecular weight excluding hydrogens is 461 g/mol. The van der Waals surface area contributed by atoms with Gasteiger partial charge >= 0.3 is 22.2 Å². The molecule has 0 saturated heterocycles. The SMILES string of the molecule is COc1cccc(C=NNC(N)=S)c1[OH2+].[Ni+2].[OH-].c1cnc2c(c1)ccc1cccnc12. The van der Waals surface area contributed by atoms with E-state index < -0.39 is 0 Å². The second kappa shape index (κ2) is 12.4. The molecule has 2 aromatic heterocycles. The Bertz CT molecular complexity index is 1140. The van der Waals surface area contributed by atoms with Crippen molar-refractivity contribution in [3.05, 3.63) is 72.6 Å². The Hall–Kier alpha value is -3.33. The molecule has 0 spiro atoms. The summed E-state index contributed by atoms with van der Waals surface area (Å²) in [4.78, 5) is 8.69. The van der Waals surface area contributed by atoms with Crippen LogP contribution in [0.5, 0.6) is 11.5 Å². The van der Waals surface area contributed by atoms with Crippen LogP contribution in [0.4, 0.5) is 0 Å². The maximum absolute atomic E-state index is 7.72. The fourth-order valence-corrected chi connectivity index (χ4v) is 2.72. The fourth-order valence-electron chi connectivity index (χ4n) is 2.67. The van der Waals surface area contributed by atoms with Crippen molar-refractivity contribution in [2.24, 2.45) is 10.8 Å². The predicted octanol–water partition coefficient (Wildman–Crippen LogP) is 2.90. The maximum Gasteiger partial charge on any atom is 2.00 e. The molecule has 0 unspecified atom stereocenters. The van der Waals surface area contributed by atoms with Gasteiger partial charge in [0.15, 0.2) is 5.11 Å². The summed E-state index contributed by atoms with van der Waals surface area (Å²) in [6, 6.07) is 17.4. The number of para-hydroxylation sites is 1. The van der Waals surface area contributed by atoms with E-state index in [0.29, 0.717) is 11.3 Å². The van der Waals surface area contributed by atoms with Crippen molar-refractivity contribution >= 4 is 45.4 Å². The summed E-state index contributed by atoms with van der Waals surface area (Å²) in [5, 5.41) is 13.8. The number of thiocarbonyl (C=S) groups is 1. The third kappa shape index (κ3) is 6.58. The smallest absolute Gasteiger partial charge is 0.870 e. The summed E-state index contributed by atoms with van der Waals surface area (Å²) in [6.45, 7) is 0. The summed E-state index contributed by atoms with van der Waals surface area (Å²) in [5.74, 6) is 0.766. The zero-order chi connectivity index (χ0) is 20.6. The van der Waals surface area contributed by atoms with Crippen LogP contribution < -0.4 is 15.9 Å². The summed E-state index contributed by atoms with van der Waals surface area (Å²) >= 11 is 4.57. The number of benzene rings is 2. The molecule has 0 atom stereocenters. The van der Waals surface area contributed by atoms with E-state index in [1.54, 1.807) is 30.6 Å². The third-order valence-electron chi connectivity index (χ3n) is 4.00. The average molecular weight is 482 g/mol. The predicted molar refractivity (Wildman–Crippen MR) is 123 cm³/mol. The molecule has 10 heteroatoms. The first kappa shape index (κ1) is 25.7. The van der Waals surface area contributed by atoms with Crippen molar-refractivity contribution in [3.8, 4) is 11.5 Å². The van der Waals surface area contributed by atoms with Gasteiger partial charge in [-0.3, -0.25) is 15.4 Å². The number of methoxy groups -OCH3 is 1. The van der Waals surface area contributed by atoms with Crippen molar-refractivity contribution < 1.29 is 31.8 Å². The normalized spacial score (nSPS) is 9.84. The Kier molecular flexibility index (Phi) is 10.3. The van der Waals surface area contributed by atoms with Crippen molar-refractivity contribution in [3.63, 3.8) is 0 Å². The molecular formula is C21H21N5NiO3S+2. The van der Waals surface area contributed by atoms with Crippen molar-refractivity contribution in [2.75, 3.05) is 7.11 Å². The number of hydrazone groups is 1. The largest absolute Gasteiger partial charge is 2.00 e. The minimum Gasteiger partial charge on any atom is -0.870 e. The van der Waals surface area contributed by atoms with Crippen LogP contribution in [0.1, 0.15) is 5.56 Å². The van der Waals surface area contributed by atoms with Crippen LogP contribution >= 0.6 is 12.2 Å².